The molecule has 2 aromatic rings. The van der Waals surface area contributed by atoms with Gasteiger partial charge in [-0.3, -0.25) is 4.79 Å². The Morgan fingerprint density at radius 2 is 1.75 bits per heavy atom. The molecule has 6 nitrogen and oxygen atoms in total. The number of unbranched alkanes of at least 4 members (excludes halogenated alkanes) is 1. The van der Waals surface area contributed by atoms with E-state index in [-0.39, 0.29) is 29.3 Å². The Bertz CT molecular complexity index is 868. The number of nitrogens with one attached hydrogen (secondary N) is 2. The van der Waals surface area contributed by atoms with Crippen LogP contribution in [0.5, 0.6) is 5.75 Å². The van der Waals surface area contributed by atoms with Crippen molar-refractivity contribution in [2.45, 2.75) is 37.6 Å². The van der Waals surface area contributed by atoms with Gasteiger partial charge in [0.15, 0.2) is 6.61 Å². The van der Waals surface area contributed by atoms with Crippen molar-refractivity contribution >= 4 is 15.9 Å². The number of benzene rings is 2. The van der Waals surface area contributed by atoms with Gasteiger partial charge in [-0.2, -0.15) is 0 Å². The highest BCUT2D eigenvalue weighted by atomic mass is 32.2. The Hall–Kier alpha value is -2.45. The lowest BCUT2D eigenvalue weighted by Gasteiger charge is -2.15. The van der Waals surface area contributed by atoms with E-state index in [4.69, 9.17) is 4.74 Å². The van der Waals surface area contributed by atoms with E-state index in [9.17, 15) is 17.6 Å². The van der Waals surface area contributed by atoms with Crippen molar-refractivity contribution in [2.24, 2.45) is 0 Å². The molecule has 0 spiro atoms. The zero-order valence-electron chi connectivity index (χ0n) is 15.9. The van der Waals surface area contributed by atoms with Gasteiger partial charge in [0.05, 0.1) is 10.9 Å². The predicted molar refractivity (Wildman–Crippen MR) is 105 cm³/mol. The maximum atomic E-state index is 13.0. The van der Waals surface area contributed by atoms with Crippen molar-refractivity contribution in [1.29, 1.82) is 0 Å². The van der Waals surface area contributed by atoms with Crippen LogP contribution in [0.2, 0.25) is 0 Å². The molecule has 0 unspecified atom stereocenters. The van der Waals surface area contributed by atoms with E-state index in [2.05, 4.69) is 10.0 Å². The van der Waals surface area contributed by atoms with Crippen LogP contribution in [0.1, 0.15) is 38.3 Å². The first-order valence-corrected chi connectivity index (χ1v) is 10.6. The first-order chi connectivity index (χ1) is 13.3. The Morgan fingerprint density at radius 3 is 2.36 bits per heavy atom. The minimum atomic E-state index is -3.54. The number of sulfonamides is 1. The second-order valence-corrected chi connectivity index (χ2v) is 8.12. The summed E-state index contributed by atoms with van der Waals surface area (Å²) in [5, 5.41) is 2.76. The highest BCUT2D eigenvalue weighted by Gasteiger charge is 2.14. The normalized spacial score (nSPS) is 12.4. The summed E-state index contributed by atoms with van der Waals surface area (Å²) in [7, 11) is -3.54. The molecule has 0 radical (unpaired) electrons. The number of ether oxygens (including phenoxy) is 1. The zero-order valence-corrected chi connectivity index (χ0v) is 16.8. The van der Waals surface area contributed by atoms with Gasteiger partial charge < -0.3 is 10.1 Å². The molecule has 0 fully saturated rings. The lowest BCUT2D eigenvalue weighted by Crippen LogP contribution is -2.31. The molecule has 2 aromatic carbocycles. The topological polar surface area (TPSA) is 84.5 Å². The monoisotopic (exact) mass is 408 g/mol. The van der Waals surface area contributed by atoms with Gasteiger partial charge >= 0.3 is 0 Å². The van der Waals surface area contributed by atoms with Crippen LogP contribution in [0.15, 0.2) is 53.4 Å². The van der Waals surface area contributed by atoms with Crippen molar-refractivity contribution < 1.29 is 22.3 Å². The van der Waals surface area contributed by atoms with Gasteiger partial charge in [0.25, 0.3) is 5.91 Å². The third kappa shape index (κ3) is 6.61. The van der Waals surface area contributed by atoms with Gasteiger partial charge in [0.1, 0.15) is 11.6 Å². The number of carbonyl (C=O) groups is 1. The molecule has 0 aromatic heterocycles. The summed E-state index contributed by atoms with van der Waals surface area (Å²) in [6, 6.07) is 11.5. The summed E-state index contributed by atoms with van der Waals surface area (Å²) in [5.74, 6) is -0.288. The van der Waals surface area contributed by atoms with E-state index < -0.39 is 10.0 Å². The van der Waals surface area contributed by atoms with E-state index in [0.717, 1.165) is 18.4 Å². The van der Waals surface area contributed by atoms with Crippen molar-refractivity contribution in [1.82, 2.24) is 10.0 Å². The van der Waals surface area contributed by atoms with E-state index in [0.29, 0.717) is 12.3 Å². The molecular formula is C20H25FN2O4S. The number of hydrogen-bond acceptors (Lipinski definition) is 4. The highest BCUT2D eigenvalue weighted by molar-refractivity contribution is 7.89. The summed E-state index contributed by atoms with van der Waals surface area (Å²) in [4.78, 5) is 12.2. The summed E-state index contributed by atoms with van der Waals surface area (Å²) in [6.45, 7) is 3.95. The van der Waals surface area contributed by atoms with E-state index in [1.807, 2.05) is 6.92 Å². The Balaban J connectivity index is 1.85. The Morgan fingerprint density at radius 1 is 1.11 bits per heavy atom. The maximum absolute atomic E-state index is 13.0. The molecule has 152 valence electrons. The number of rotatable bonds is 10. The van der Waals surface area contributed by atoms with Crippen LogP contribution < -0.4 is 14.8 Å². The van der Waals surface area contributed by atoms with Gasteiger partial charge in [-0.1, -0.05) is 25.5 Å². The third-order valence-corrected chi connectivity index (χ3v) is 5.55. The fraction of sp³-hybridized carbons (Fsp3) is 0.350. The lowest BCUT2D eigenvalue weighted by molar-refractivity contribution is -0.123. The van der Waals surface area contributed by atoms with Crippen LogP contribution in [-0.2, 0) is 14.8 Å². The van der Waals surface area contributed by atoms with Crippen LogP contribution >= 0.6 is 0 Å². The molecule has 0 heterocycles. The molecule has 28 heavy (non-hydrogen) atoms. The van der Waals surface area contributed by atoms with Crippen LogP contribution in [0, 0.1) is 5.82 Å². The number of hydrogen-bond donors (Lipinski definition) is 2. The molecule has 0 saturated carbocycles. The lowest BCUT2D eigenvalue weighted by atomic mass is 10.1. The largest absolute Gasteiger partial charge is 0.484 e. The van der Waals surface area contributed by atoms with E-state index in [1.165, 1.54) is 36.4 Å². The highest BCUT2D eigenvalue weighted by Crippen LogP contribution is 2.16. The Kier molecular flexibility index (Phi) is 7.95. The quantitative estimate of drug-likeness (QED) is 0.592. The average Bonchev–Trinajstić information content (AvgIpc) is 2.67. The first-order valence-electron chi connectivity index (χ1n) is 9.09. The van der Waals surface area contributed by atoms with E-state index in [1.54, 1.807) is 19.1 Å². The molecule has 0 aliphatic heterocycles. The zero-order chi connectivity index (χ0) is 20.6. The van der Waals surface area contributed by atoms with Gasteiger partial charge in [-0.25, -0.2) is 17.5 Å². The second kappa shape index (κ2) is 10.2. The van der Waals surface area contributed by atoms with Gasteiger partial charge in [-0.15, -0.1) is 0 Å². The molecule has 1 atom stereocenters. The predicted octanol–water partition coefficient (Wildman–Crippen LogP) is 3.16. The number of carbonyl (C=O) groups excluding carboxylic acids is 1. The molecule has 2 rings (SSSR count). The average molecular weight is 408 g/mol. The summed E-state index contributed by atoms with van der Waals surface area (Å²) < 4.78 is 45.1. The standard InChI is InChI=1S/C20H25FN2O4S/c1-3-4-13-22-28(25,26)19-11-9-18(10-12-19)27-14-20(24)23-15(2)16-5-7-17(21)8-6-16/h5-12,15,22H,3-4,13-14H2,1-2H3,(H,23,24)/t15-/m0/s1. The number of halogens is 1. The van der Waals surface area contributed by atoms with Crippen molar-refractivity contribution in [3.05, 3.63) is 59.9 Å². The molecular weight excluding hydrogens is 383 g/mol. The molecule has 1 amide bonds. The van der Waals surface area contributed by atoms with Crippen LogP contribution in [0.4, 0.5) is 4.39 Å². The minimum Gasteiger partial charge on any atom is -0.484 e. The molecule has 2 N–H and O–H groups in total. The molecule has 0 aliphatic rings. The number of amides is 1. The van der Waals surface area contributed by atoms with Gasteiger partial charge in [-0.05, 0) is 55.3 Å². The summed E-state index contributed by atoms with van der Waals surface area (Å²) >= 11 is 0. The van der Waals surface area contributed by atoms with Crippen LogP contribution in [0.25, 0.3) is 0 Å². The molecule has 0 bridgehead atoms. The van der Waals surface area contributed by atoms with Gasteiger partial charge in [0, 0.05) is 6.54 Å². The summed E-state index contributed by atoms with van der Waals surface area (Å²) in [6.07, 6.45) is 1.67. The molecule has 0 saturated heterocycles. The minimum absolute atomic E-state index is 0.144. The fourth-order valence-electron chi connectivity index (χ4n) is 2.45. The van der Waals surface area contributed by atoms with Crippen LogP contribution in [0.3, 0.4) is 0 Å². The van der Waals surface area contributed by atoms with Crippen molar-refractivity contribution in [2.75, 3.05) is 13.2 Å². The second-order valence-electron chi connectivity index (χ2n) is 6.35. The van der Waals surface area contributed by atoms with Crippen LogP contribution in [-0.4, -0.2) is 27.5 Å². The maximum Gasteiger partial charge on any atom is 0.258 e. The smallest absolute Gasteiger partial charge is 0.258 e. The van der Waals surface area contributed by atoms with Crippen molar-refractivity contribution in [3.8, 4) is 5.75 Å². The van der Waals surface area contributed by atoms with Crippen molar-refractivity contribution in [3.63, 3.8) is 0 Å². The summed E-state index contributed by atoms with van der Waals surface area (Å²) in [5.41, 5.74) is 0.778. The first kappa shape index (κ1) is 21.8. The molecule has 8 heteroatoms. The Labute approximate surface area is 165 Å². The third-order valence-electron chi connectivity index (χ3n) is 4.07. The SMILES string of the molecule is CCCCNS(=O)(=O)c1ccc(OCC(=O)N[C@@H](C)c2ccc(F)cc2)cc1. The molecule has 0 aliphatic carbocycles. The van der Waals surface area contributed by atoms with Gasteiger partial charge in [0.2, 0.25) is 10.0 Å². The fourth-order valence-corrected chi connectivity index (χ4v) is 3.52. The van der Waals surface area contributed by atoms with E-state index >= 15 is 0 Å².